The van der Waals surface area contributed by atoms with Gasteiger partial charge in [-0.3, -0.25) is 9.78 Å². The molecule has 3 heterocycles. The predicted octanol–water partition coefficient (Wildman–Crippen LogP) is 2.99. The van der Waals surface area contributed by atoms with E-state index >= 15 is 0 Å². The topological polar surface area (TPSA) is 55.6 Å². The third kappa shape index (κ3) is 1.94. The van der Waals surface area contributed by atoms with Gasteiger partial charge >= 0.3 is 0 Å². The van der Waals surface area contributed by atoms with Crippen molar-refractivity contribution in [3.63, 3.8) is 0 Å². The summed E-state index contributed by atoms with van der Waals surface area (Å²) >= 11 is 0. The molecule has 110 valence electrons. The van der Waals surface area contributed by atoms with E-state index in [0.29, 0.717) is 30.2 Å². The highest BCUT2D eigenvalue weighted by Gasteiger charge is 2.27. The highest BCUT2D eigenvalue weighted by Crippen LogP contribution is 2.30. The SMILES string of the molecule is COc1cccc2cc(C(=O)N3Cc4cccnc4C3)oc12. The zero-order valence-electron chi connectivity index (χ0n) is 12.1. The van der Waals surface area contributed by atoms with Crippen molar-refractivity contribution >= 4 is 16.9 Å². The lowest BCUT2D eigenvalue weighted by molar-refractivity contribution is 0.0720. The molecular formula is C17H14N2O3. The van der Waals surface area contributed by atoms with E-state index in [0.717, 1.165) is 16.6 Å². The number of benzene rings is 1. The van der Waals surface area contributed by atoms with Gasteiger partial charge in [0, 0.05) is 18.1 Å². The van der Waals surface area contributed by atoms with Crippen molar-refractivity contribution in [2.75, 3.05) is 7.11 Å². The first-order valence-corrected chi connectivity index (χ1v) is 7.05. The second kappa shape index (κ2) is 4.87. The van der Waals surface area contributed by atoms with E-state index in [-0.39, 0.29) is 5.91 Å². The Bertz CT molecular complexity index is 844. The van der Waals surface area contributed by atoms with Crippen molar-refractivity contribution in [3.8, 4) is 5.75 Å². The van der Waals surface area contributed by atoms with Gasteiger partial charge in [-0.2, -0.15) is 0 Å². The number of methoxy groups -OCH3 is 1. The quantitative estimate of drug-likeness (QED) is 0.729. The van der Waals surface area contributed by atoms with Crippen LogP contribution in [0.15, 0.2) is 47.0 Å². The van der Waals surface area contributed by atoms with Crippen molar-refractivity contribution in [2.45, 2.75) is 13.1 Å². The Morgan fingerprint density at radius 1 is 1.27 bits per heavy atom. The van der Waals surface area contributed by atoms with Gasteiger partial charge in [0.2, 0.25) is 0 Å². The molecule has 0 unspecified atom stereocenters. The molecule has 0 fully saturated rings. The number of para-hydroxylation sites is 1. The Morgan fingerprint density at radius 2 is 2.18 bits per heavy atom. The molecule has 0 spiro atoms. The second-order valence-corrected chi connectivity index (χ2v) is 5.26. The van der Waals surface area contributed by atoms with E-state index in [4.69, 9.17) is 9.15 Å². The maximum atomic E-state index is 12.6. The zero-order valence-corrected chi connectivity index (χ0v) is 12.1. The fraction of sp³-hybridized carbons (Fsp3) is 0.176. The number of hydrogen-bond acceptors (Lipinski definition) is 4. The third-order valence-electron chi connectivity index (χ3n) is 3.91. The molecule has 0 radical (unpaired) electrons. The van der Waals surface area contributed by atoms with Crippen molar-refractivity contribution in [2.24, 2.45) is 0 Å². The Hall–Kier alpha value is -2.82. The molecule has 5 nitrogen and oxygen atoms in total. The average Bonchev–Trinajstić information content (AvgIpc) is 3.17. The molecule has 4 rings (SSSR count). The van der Waals surface area contributed by atoms with E-state index in [1.807, 2.05) is 30.3 Å². The average molecular weight is 294 g/mol. The fourth-order valence-electron chi connectivity index (χ4n) is 2.80. The van der Waals surface area contributed by atoms with Crippen molar-refractivity contribution in [1.82, 2.24) is 9.88 Å². The van der Waals surface area contributed by atoms with Crippen LogP contribution >= 0.6 is 0 Å². The lowest BCUT2D eigenvalue weighted by Crippen LogP contribution is -2.24. The summed E-state index contributed by atoms with van der Waals surface area (Å²) in [6, 6.07) is 11.2. The second-order valence-electron chi connectivity index (χ2n) is 5.26. The van der Waals surface area contributed by atoms with Crippen LogP contribution in [0.25, 0.3) is 11.0 Å². The minimum atomic E-state index is -0.128. The van der Waals surface area contributed by atoms with Crippen LogP contribution in [0, 0.1) is 0 Å². The first-order chi connectivity index (χ1) is 10.8. The molecule has 1 aromatic carbocycles. The van der Waals surface area contributed by atoms with Crippen LogP contribution in [0.2, 0.25) is 0 Å². The van der Waals surface area contributed by atoms with E-state index in [1.54, 1.807) is 24.3 Å². The van der Waals surface area contributed by atoms with Gasteiger partial charge in [-0.25, -0.2) is 0 Å². The number of hydrogen-bond donors (Lipinski definition) is 0. The molecule has 1 aliphatic heterocycles. The van der Waals surface area contributed by atoms with Gasteiger partial charge in [0.25, 0.3) is 5.91 Å². The number of aromatic nitrogens is 1. The number of rotatable bonds is 2. The molecule has 2 aromatic heterocycles. The first kappa shape index (κ1) is 12.9. The van der Waals surface area contributed by atoms with Crippen molar-refractivity contribution < 1.29 is 13.9 Å². The first-order valence-electron chi connectivity index (χ1n) is 7.05. The van der Waals surface area contributed by atoms with Crippen LogP contribution in [0.5, 0.6) is 5.75 Å². The van der Waals surface area contributed by atoms with E-state index < -0.39 is 0 Å². The molecule has 0 saturated heterocycles. The number of carbonyl (C=O) groups excluding carboxylic acids is 1. The largest absolute Gasteiger partial charge is 0.493 e. The molecule has 0 bridgehead atoms. The number of furan rings is 1. The van der Waals surface area contributed by atoms with Crippen LogP contribution in [-0.4, -0.2) is 22.9 Å². The summed E-state index contributed by atoms with van der Waals surface area (Å²) in [6.07, 6.45) is 1.75. The summed E-state index contributed by atoms with van der Waals surface area (Å²) < 4.78 is 11.0. The third-order valence-corrected chi connectivity index (χ3v) is 3.91. The lowest BCUT2D eigenvalue weighted by Gasteiger charge is -2.12. The molecule has 22 heavy (non-hydrogen) atoms. The van der Waals surface area contributed by atoms with Crippen molar-refractivity contribution in [1.29, 1.82) is 0 Å². The fourth-order valence-corrected chi connectivity index (χ4v) is 2.80. The number of ether oxygens (including phenoxy) is 1. The molecule has 1 amide bonds. The number of carbonyl (C=O) groups is 1. The number of fused-ring (bicyclic) bond motifs is 2. The molecule has 3 aromatic rings. The normalized spacial score (nSPS) is 13.4. The Morgan fingerprint density at radius 3 is 3.00 bits per heavy atom. The lowest BCUT2D eigenvalue weighted by atomic mass is 10.2. The van der Waals surface area contributed by atoms with Crippen LogP contribution in [0.4, 0.5) is 0 Å². The summed E-state index contributed by atoms with van der Waals surface area (Å²) in [7, 11) is 1.58. The van der Waals surface area contributed by atoms with Crippen LogP contribution < -0.4 is 4.74 Å². The minimum absolute atomic E-state index is 0.128. The van der Waals surface area contributed by atoms with E-state index in [9.17, 15) is 4.79 Å². The smallest absolute Gasteiger partial charge is 0.290 e. The zero-order chi connectivity index (χ0) is 15.1. The van der Waals surface area contributed by atoms with Gasteiger partial charge in [0.05, 0.1) is 19.3 Å². The highest BCUT2D eigenvalue weighted by atomic mass is 16.5. The Balaban J connectivity index is 1.67. The van der Waals surface area contributed by atoms with Gasteiger partial charge in [-0.1, -0.05) is 18.2 Å². The standard InChI is InChI=1S/C17H14N2O3/c1-21-14-6-2-4-11-8-15(22-16(11)14)17(20)19-9-12-5-3-7-18-13(12)10-19/h2-8H,9-10H2,1H3. The highest BCUT2D eigenvalue weighted by molar-refractivity contribution is 5.97. The molecule has 0 N–H and O–H groups in total. The van der Waals surface area contributed by atoms with Crippen LogP contribution in [0.1, 0.15) is 21.8 Å². The number of amides is 1. The van der Waals surface area contributed by atoms with Crippen LogP contribution in [0.3, 0.4) is 0 Å². The summed E-state index contributed by atoms with van der Waals surface area (Å²) in [6.45, 7) is 1.08. The summed E-state index contributed by atoms with van der Waals surface area (Å²) in [5, 5.41) is 0.859. The molecule has 1 aliphatic rings. The van der Waals surface area contributed by atoms with Gasteiger partial charge < -0.3 is 14.1 Å². The van der Waals surface area contributed by atoms with E-state index in [2.05, 4.69) is 4.98 Å². The minimum Gasteiger partial charge on any atom is -0.493 e. The van der Waals surface area contributed by atoms with Gasteiger partial charge in [0.15, 0.2) is 17.1 Å². The van der Waals surface area contributed by atoms with Crippen LogP contribution in [-0.2, 0) is 13.1 Å². The number of pyridine rings is 1. The summed E-state index contributed by atoms with van der Waals surface area (Å²) in [5.74, 6) is 0.825. The van der Waals surface area contributed by atoms with Gasteiger partial charge in [-0.05, 0) is 23.8 Å². The number of nitrogens with zero attached hydrogens (tertiary/aromatic N) is 2. The Labute approximate surface area is 127 Å². The summed E-state index contributed by atoms with van der Waals surface area (Å²) in [4.78, 5) is 18.7. The molecule has 0 aliphatic carbocycles. The molecule has 0 atom stereocenters. The predicted molar refractivity (Wildman–Crippen MR) is 80.6 cm³/mol. The maximum absolute atomic E-state index is 12.6. The molecule has 0 saturated carbocycles. The van der Waals surface area contributed by atoms with Gasteiger partial charge in [-0.15, -0.1) is 0 Å². The summed E-state index contributed by atoms with van der Waals surface area (Å²) in [5.41, 5.74) is 2.64. The Kier molecular flexibility index (Phi) is 2.85. The molecule has 5 heteroatoms. The maximum Gasteiger partial charge on any atom is 0.290 e. The molecular weight excluding hydrogens is 280 g/mol. The monoisotopic (exact) mass is 294 g/mol. The van der Waals surface area contributed by atoms with Crippen molar-refractivity contribution in [3.05, 3.63) is 59.6 Å². The van der Waals surface area contributed by atoms with Gasteiger partial charge in [0.1, 0.15) is 0 Å². The van der Waals surface area contributed by atoms with E-state index in [1.165, 1.54) is 0 Å².